The predicted molar refractivity (Wildman–Crippen MR) is 131 cm³/mol. The Morgan fingerprint density at radius 3 is 2.58 bits per heavy atom. The van der Waals surface area contributed by atoms with Crippen LogP contribution in [0.2, 0.25) is 0 Å². The highest BCUT2D eigenvalue weighted by Gasteiger charge is 2.74. The van der Waals surface area contributed by atoms with Crippen molar-refractivity contribution in [2.45, 2.75) is 49.7 Å². The number of hydrogen-bond donors (Lipinski definition) is 1. The molecule has 1 aliphatic heterocycles. The second kappa shape index (κ2) is 9.27. The molecule has 0 fully saturated rings. The van der Waals surface area contributed by atoms with Gasteiger partial charge in [-0.1, -0.05) is 12.1 Å². The minimum absolute atomic E-state index is 0.0668. The van der Waals surface area contributed by atoms with Crippen LogP contribution in [0.4, 0.5) is 23.2 Å². The van der Waals surface area contributed by atoms with Crippen molar-refractivity contribution in [2.24, 2.45) is 0 Å². The molecule has 0 radical (unpaired) electrons. The van der Waals surface area contributed by atoms with Crippen LogP contribution < -0.4 is 14.4 Å². The summed E-state index contributed by atoms with van der Waals surface area (Å²) in [6, 6.07) is 14.5. The minimum atomic E-state index is -5.21. The van der Waals surface area contributed by atoms with Gasteiger partial charge < -0.3 is 19.5 Å². The van der Waals surface area contributed by atoms with Crippen LogP contribution in [0.25, 0.3) is 0 Å². The molecule has 3 aromatic rings. The van der Waals surface area contributed by atoms with Gasteiger partial charge in [-0.2, -0.15) is 13.2 Å². The lowest BCUT2D eigenvalue weighted by molar-refractivity contribution is -0.328. The lowest BCUT2D eigenvalue weighted by Gasteiger charge is -2.51. The van der Waals surface area contributed by atoms with E-state index in [0.29, 0.717) is 41.8 Å². The van der Waals surface area contributed by atoms with Gasteiger partial charge in [0.2, 0.25) is 11.5 Å². The zero-order chi connectivity index (χ0) is 27.3. The van der Waals surface area contributed by atoms with E-state index in [1.165, 1.54) is 24.1 Å². The number of hydrogen-bond acceptors (Lipinski definition) is 5. The normalized spacial score (nSPS) is 24.5. The molecule has 0 saturated heterocycles. The molecule has 0 saturated carbocycles. The van der Waals surface area contributed by atoms with Gasteiger partial charge in [0.15, 0.2) is 5.67 Å². The summed E-state index contributed by atoms with van der Waals surface area (Å²) in [5.74, 6) is 0.722. The molecule has 10 heteroatoms. The minimum Gasteiger partial charge on any atom is -0.497 e. The van der Waals surface area contributed by atoms with E-state index in [1.807, 2.05) is 0 Å². The summed E-state index contributed by atoms with van der Waals surface area (Å²) >= 11 is 0. The summed E-state index contributed by atoms with van der Waals surface area (Å²) in [6.07, 6.45) is -3.62. The number of ether oxygens (including phenoxy) is 2. The number of aryl methyl sites for hydroxylation is 1. The highest BCUT2D eigenvalue weighted by Crippen LogP contribution is 2.63. The molecule has 200 valence electrons. The van der Waals surface area contributed by atoms with Crippen LogP contribution in [-0.4, -0.2) is 41.9 Å². The maximum absolute atomic E-state index is 15.4. The molecular weight excluding hydrogens is 504 g/mol. The fourth-order valence-electron chi connectivity index (χ4n) is 5.24. The summed E-state index contributed by atoms with van der Waals surface area (Å²) in [4.78, 5) is 19.2. The molecule has 3 atom stereocenters. The van der Waals surface area contributed by atoms with E-state index in [1.54, 1.807) is 48.7 Å². The number of benzene rings is 2. The summed E-state index contributed by atoms with van der Waals surface area (Å²) in [6.45, 7) is 0.794. The first-order valence-corrected chi connectivity index (χ1v) is 12.1. The predicted octanol–water partition coefficient (Wildman–Crippen LogP) is 5.01. The van der Waals surface area contributed by atoms with E-state index in [4.69, 9.17) is 9.47 Å². The maximum atomic E-state index is 15.4. The molecule has 2 aromatic carbocycles. The number of methoxy groups -OCH3 is 1. The van der Waals surface area contributed by atoms with Crippen LogP contribution in [-0.2, 0) is 28.9 Å². The Hall–Kier alpha value is -3.66. The number of nitrogens with zero attached hydrogens (tertiary/aromatic N) is 2. The number of fused-ring (bicyclic) bond motifs is 2. The van der Waals surface area contributed by atoms with Crippen LogP contribution >= 0.6 is 0 Å². The summed E-state index contributed by atoms with van der Waals surface area (Å²) in [7, 11) is 1.52. The average Bonchev–Trinajstić information content (AvgIpc) is 3.06. The molecule has 2 unspecified atom stereocenters. The summed E-state index contributed by atoms with van der Waals surface area (Å²) in [5.41, 5.74) is -6.32. The Kier molecular flexibility index (Phi) is 6.33. The third-order valence-corrected chi connectivity index (χ3v) is 7.32. The number of aliphatic hydroxyl groups is 1. The van der Waals surface area contributed by atoms with Gasteiger partial charge in [-0.05, 0) is 61.7 Å². The van der Waals surface area contributed by atoms with Crippen molar-refractivity contribution in [3.63, 3.8) is 0 Å². The van der Waals surface area contributed by atoms with Crippen molar-refractivity contribution in [2.75, 3.05) is 18.6 Å². The van der Waals surface area contributed by atoms with E-state index >= 15 is 4.39 Å². The Balaban J connectivity index is 1.54. The van der Waals surface area contributed by atoms with E-state index < -0.39 is 29.1 Å². The average molecular weight is 531 g/mol. The van der Waals surface area contributed by atoms with Crippen molar-refractivity contribution in [3.8, 4) is 11.5 Å². The zero-order valence-electron chi connectivity index (χ0n) is 20.8. The molecule has 1 aromatic heterocycles. The van der Waals surface area contributed by atoms with Gasteiger partial charge in [-0.25, -0.2) is 4.39 Å². The van der Waals surface area contributed by atoms with Crippen molar-refractivity contribution in [1.29, 1.82) is 0 Å². The molecule has 1 amide bonds. The van der Waals surface area contributed by atoms with Gasteiger partial charge in [-0.15, -0.1) is 0 Å². The number of pyridine rings is 1. The van der Waals surface area contributed by atoms with Crippen molar-refractivity contribution in [3.05, 3.63) is 83.2 Å². The highest BCUT2D eigenvalue weighted by atomic mass is 19.4. The molecule has 1 N–H and O–H groups in total. The lowest BCUT2D eigenvalue weighted by Crippen LogP contribution is -2.62. The van der Waals surface area contributed by atoms with Crippen LogP contribution in [0.5, 0.6) is 11.5 Å². The number of rotatable bonds is 5. The lowest BCUT2D eigenvalue weighted by atomic mass is 9.61. The smallest absolute Gasteiger partial charge is 0.425 e. The first-order valence-electron chi connectivity index (χ1n) is 12.1. The number of halogens is 4. The molecule has 2 heterocycles. The second-order valence-corrected chi connectivity index (χ2v) is 9.70. The first-order chi connectivity index (χ1) is 18.0. The molecule has 1 aliphatic carbocycles. The Labute approximate surface area is 216 Å². The molecule has 6 nitrogen and oxygen atoms in total. The van der Waals surface area contributed by atoms with Crippen LogP contribution in [0.1, 0.15) is 35.7 Å². The molecule has 2 aliphatic rings. The van der Waals surface area contributed by atoms with E-state index in [-0.39, 0.29) is 30.9 Å². The summed E-state index contributed by atoms with van der Waals surface area (Å²) < 4.78 is 68.2. The standard InChI is InChI=1S/C28H26F4N2O4/c1-26(29)22-15-24-17(12-23(22)27(26,36)28(30,31)32)9-10-21(38-20-8-5-7-19(14-20)37-2)16-34(24)25(35)13-18-6-3-4-11-33-18/h3-8,11-12,14-15,21,36H,9-10,13,16H2,1-2H3/t21-,26?,27?/m0/s1. The monoisotopic (exact) mass is 530 g/mol. The van der Waals surface area contributed by atoms with Gasteiger partial charge in [-0.3, -0.25) is 9.78 Å². The van der Waals surface area contributed by atoms with Crippen LogP contribution in [0.3, 0.4) is 0 Å². The molecule has 38 heavy (non-hydrogen) atoms. The fourth-order valence-corrected chi connectivity index (χ4v) is 5.24. The van der Waals surface area contributed by atoms with E-state index in [0.717, 1.165) is 0 Å². The van der Waals surface area contributed by atoms with Gasteiger partial charge in [0.25, 0.3) is 0 Å². The molecule has 0 spiro atoms. The molecule has 5 rings (SSSR count). The van der Waals surface area contributed by atoms with Gasteiger partial charge in [0.1, 0.15) is 17.6 Å². The van der Waals surface area contributed by atoms with Gasteiger partial charge in [0, 0.05) is 34.8 Å². The third-order valence-electron chi connectivity index (χ3n) is 7.32. The Morgan fingerprint density at radius 1 is 1.13 bits per heavy atom. The van der Waals surface area contributed by atoms with Crippen molar-refractivity contribution >= 4 is 11.6 Å². The quantitative estimate of drug-likeness (QED) is 0.470. The first kappa shape index (κ1) is 26.0. The molecule has 0 bridgehead atoms. The number of aromatic nitrogens is 1. The number of anilines is 1. The Bertz CT molecular complexity index is 1360. The number of amides is 1. The van der Waals surface area contributed by atoms with E-state index in [9.17, 15) is 23.1 Å². The third kappa shape index (κ3) is 4.16. The topological polar surface area (TPSA) is 71.9 Å². The maximum Gasteiger partial charge on any atom is 0.425 e. The highest BCUT2D eigenvalue weighted by molar-refractivity contribution is 5.96. The molecular formula is C28H26F4N2O4. The van der Waals surface area contributed by atoms with Crippen LogP contribution in [0.15, 0.2) is 60.8 Å². The van der Waals surface area contributed by atoms with Crippen molar-refractivity contribution < 1.29 is 36.9 Å². The Morgan fingerprint density at radius 2 is 1.89 bits per heavy atom. The zero-order valence-corrected chi connectivity index (χ0v) is 20.8. The number of carbonyl (C=O) groups is 1. The van der Waals surface area contributed by atoms with E-state index in [2.05, 4.69) is 4.98 Å². The van der Waals surface area contributed by atoms with Crippen molar-refractivity contribution in [1.82, 2.24) is 4.98 Å². The number of carbonyl (C=O) groups excluding carboxylic acids is 1. The summed E-state index contributed by atoms with van der Waals surface area (Å²) in [5, 5.41) is 10.4. The fraction of sp³-hybridized carbons (Fsp3) is 0.357. The second-order valence-electron chi connectivity index (χ2n) is 9.70. The number of alkyl halides is 4. The largest absolute Gasteiger partial charge is 0.497 e. The van der Waals surface area contributed by atoms with Gasteiger partial charge in [0.05, 0.1) is 20.1 Å². The SMILES string of the molecule is COc1cccc(O[C@H]2CCc3cc4c(cc3N(C(=O)Cc3ccccn3)C2)C(C)(F)C4(O)C(F)(F)F)c1. The van der Waals surface area contributed by atoms with Crippen LogP contribution in [0, 0.1) is 0 Å². The van der Waals surface area contributed by atoms with Gasteiger partial charge >= 0.3 is 6.18 Å².